The molecule has 0 saturated carbocycles. The SMILES string of the molecule is CN=C(NCCNC(=O)c1ccc(C)c(F)c1)NCCc1ccc(C)c(OC)c1.I. The number of ether oxygens (including phenoxy) is 1. The summed E-state index contributed by atoms with van der Waals surface area (Å²) in [6, 6.07) is 10.6. The van der Waals surface area contributed by atoms with E-state index in [-0.39, 0.29) is 35.7 Å². The number of hydrogen-bond acceptors (Lipinski definition) is 3. The van der Waals surface area contributed by atoms with Gasteiger partial charge in [-0.25, -0.2) is 4.39 Å². The lowest BCUT2D eigenvalue weighted by Gasteiger charge is -2.13. The second kappa shape index (κ2) is 13.0. The molecule has 0 heterocycles. The Morgan fingerprint density at radius 3 is 2.33 bits per heavy atom. The van der Waals surface area contributed by atoms with Crippen LogP contribution in [0.5, 0.6) is 5.75 Å². The van der Waals surface area contributed by atoms with Crippen molar-refractivity contribution in [3.63, 3.8) is 0 Å². The first-order valence-corrected chi connectivity index (χ1v) is 9.57. The van der Waals surface area contributed by atoms with Crippen molar-refractivity contribution in [2.75, 3.05) is 33.8 Å². The monoisotopic (exact) mass is 528 g/mol. The van der Waals surface area contributed by atoms with Gasteiger partial charge in [0.2, 0.25) is 0 Å². The van der Waals surface area contributed by atoms with E-state index in [1.165, 1.54) is 11.6 Å². The predicted octanol–water partition coefficient (Wildman–Crippen LogP) is 3.21. The van der Waals surface area contributed by atoms with Gasteiger partial charge in [0.05, 0.1) is 7.11 Å². The molecule has 0 saturated heterocycles. The van der Waals surface area contributed by atoms with Crippen molar-refractivity contribution in [2.24, 2.45) is 4.99 Å². The number of nitrogens with zero attached hydrogens (tertiary/aromatic N) is 1. The third-order valence-corrected chi connectivity index (χ3v) is 4.54. The number of aryl methyl sites for hydroxylation is 2. The van der Waals surface area contributed by atoms with Crippen LogP contribution in [0, 0.1) is 19.7 Å². The first-order valence-electron chi connectivity index (χ1n) is 9.57. The summed E-state index contributed by atoms with van der Waals surface area (Å²) in [5, 5.41) is 9.14. The minimum Gasteiger partial charge on any atom is -0.496 e. The van der Waals surface area contributed by atoms with Gasteiger partial charge in [0.15, 0.2) is 5.96 Å². The van der Waals surface area contributed by atoms with Crippen LogP contribution in [0.1, 0.15) is 27.0 Å². The van der Waals surface area contributed by atoms with E-state index in [0.717, 1.165) is 17.7 Å². The molecular weight excluding hydrogens is 498 g/mol. The lowest BCUT2D eigenvalue weighted by molar-refractivity contribution is 0.0954. The molecule has 0 aromatic heterocycles. The summed E-state index contributed by atoms with van der Waals surface area (Å²) in [4.78, 5) is 16.2. The van der Waals surface area contributed by atoms with E-state index < -0.39 is 0 Å². The summed E-state index contributed by atoms with van der Waals surface area (Å²) in [7, 11) is 3.36. The smallest absolute Gasteiger partial charge is 0.251 e. The summed E-state index contributed by atoms with van der Waals surface area (Å²) in [5.41, 5.74) is 3.11. The molecule has 0 unspecified atom stereocenters. The maximum Gasteiger partial charge on any atom is 0.251 e. The van der Waals surface area contributed by atoms with E-state index in [1.54, 1.807) is 33.2 Å². The summed E-state index contributed by atoms with van der Waals surface area (Å²) in [6.45, 7) is 5.28. The summed E-state index contributed by atoms with van der Waals surface area (Å²) < 4.78 is 18.9. The van der Waals surface area contributed by atoms with Gasteiger partial charge < -0.3 is 20.7 Å². The quantitative estimate of drug-likeness (QED) is 0.213. The molecular formula is C22H30FIN4O2. The van der Waals surface area contributed by atoms with Crippen molar-refractivity contribution >= 4 is 35.8 Å². The molecule has 8 heteroatoms. The first kappa shape index (κ1) is 25.7. The maximum absolute atomic E-state index is 13.6. The van der Waals surface area contributed by atoms with Crippen molar-refractivity contribution < 1.29 is 13.9 Å². The lowest BCUT2D eigenvalue weighted by atomic mass is 10.1. The fourth-order valence-corrected chi connectivity index (χ4v) is 2.76. The van der Waals surface area contributed by atoms with Crippen LogP contribution in [0.2, 0.25) is 0 Å². The molecule has 30 heavy (non-hydrogen) atoms. The largest absolute Gasteiger partial charge is 0.496 e. The highest BCUT2D eigenvalue weighted by Gasteiger charge is 2.07. The molecule has 0 aliphatic heterocycles. The molecule has 0 radical (unpaired) electrons. The summed E-state index contributed by atoms with van der Waals surface area (Å²) >= 11 is 0. The number of aliphatic imine (C=N–C) groups is 1. The number of guanidine groups is 1. The zero-order valence-electron chi connectivity index (χ0n) is 17.8. The fourth-order valence-electron chi connectivity index (χ4n) is 2.76. The molecule has 2 aromatic rings. The molecule has 0 bridgehead atoms. The Morgan fingerprint density at radius 1 is 1.00 bits per heavy atom. The normalized spacial score (nSPS) is 10.8. The molecule has 6 nitrogen and oxygen atoms in total. The van der Waals surface area contributed by atoms with Crippen LogP contribution < -0.4 is 20.7 Å². The maximum atomic E-state index is 13.6. The van der Waals surface area contributed by atoms with Crippen LogP contribution in [0.4, 0.5) is 4.39 Å². The third-order valence-electron chi connectivity index (χ3n) is 4.54. The molecule has 3 N–H and O–H groups in total. The van der Waals surface area contributed by atoms with Crippen LogP contribution >= 0.6 is 24.0 Å². The number of halogens is 2. The molecule has 164 valence electrons. The average molecular weight is 528 g/mol. The zero-order valence-corrected chi connectivity index (χ0v) is 20.2. The Balaban J connectivity index is 0.00000450. The van der Waals surface area contributed by atoms with Crippen LogP contribution in [0.3, 0.4) is 0 Å². The minimum absolute atomic E-state index is 0. The number of amides is 1. The molecule has 2 rings (SSSR count). The highest BCUT2D eigenvalue weighted by molar-refractivity contribution is 14.0. The van der Waals surface area contributed by atoms with Crippen molar-refractivity contribution in [2.45, 2.75) is 20.3 Å². The van der Waals surface area contributed by atoms with E-state index in [9.17, 15) is 9.18 Å². The number of hydrogen-bond donors (Lipinski definition) is 3. The molecule has 1 amide bonds. The third kappa shape index (κ3) is 7.81. The Labute approximate surface area is 194 Å². The minimum atomic E-state index is -0.383. The number of benzene rings is 2. The Kier molecular flexibility index (Phi) is 11.2. The van der Waals surface area contributed by atoms with E-state index >= 15 is 0 Å². The highest BCUT2D eigenvalue weighted by atomic mass is 127. The van der Waals surface area contributed by atoms with Gasteiger partial charge in [0.25, 0.3) is 5.91 Å². The van der Waals surface area contributed by atoms with Gasteiger partial charge in [-0.3, -0.25) is 9.79 Å². The number of nitrogens with one attached hydrogen (secondary N) is 3. The average Bonchev–Trinajstić information content (AvgIpc) is 2.72. The van der Waals surface area contributed by atoms with Gasteiger partial charge >= 0.3 is 0 Å². The van der Waals surface area contributed by atoms with E-state index in [0.29, 0.717) is 36.7 Å². The molecule has 0 fully saturated rings. The highest BCUT2D eigenvalue weighted by Crippen LogP contribution is 2.19. The second-order valence-corrected chi connectivity index (χ2v) is 6.70. The number of rotatable bonds is 8. The van der Waals surface area contributed by atoms with Gasteiger partial charge in [-0.1, -0.05) is 18.2 Å². The molecule has 2 aromatic carbocycles. The molecule has 0 atom stereocenters. The summed E-state index contributed by atoms with van der Waals surface area (Å²) in [6.07, 6.45) is 0.826. The fraction of sp³-hybridized carbons (Fsp3) is 0.364. The Hall–Kier alpha value is -2.36. The van der Waals surface area contributed by atoms with E-state index in [1.807, 2.05) is 19.1 Å². The van der Waals surface area contributed by atoms with Crippen molar-refractivity contribution in [3.05, 3.63) is 64.5 Å². The number of carbonyl (C=O) groups excluding carboxylic acids is 1. The second-order valence-electron chi connectivity index (χ2n) is 6.70. The van der Waals surface area contributed by atoms with Gasteiger partial charge in [0.1, 0.15) is 11.6 Å². The van der Waals surface area contributed by atoms with Gasteiger partial charge in [-0.15, -0.1) is 24.0 Å². The standard InChI is InChI=1S/C22H29FN4O2.HI/c1-15-6-8-18(14-19(15)23)21(28)25-11-12-27-22(24-3)26-10-9-17-7-5-16(2)20(13-17)29-4;/h5-8,13-14H,9-12H2,1-4H3,(H,25,28)(H2,24,26,27);1H. The number of carbonyl (C=O) groups is 1. The van der Waals surface area contributed by atoms with Crippen molar-refractivity contribution in [3.8, 4) is 5.75 Å². The van der Waals surface area contributed by atoms with Crippen LogP contribution in [0.25, 0.3) is 0 Å². The Morgan fingerprint density at radius 2 is 1.67 bits per heavy atom. The van der Waals surface area contributed by atoms with E-state index in [2.05, 4.69) is 27.0 Å². The first-order chi connectivity index (χ1) is 13.9. The van der Waals surface area contributed by atoms with Crippen LogP contribution in [0.15, 0.2) is 41.4 Å². The zero-order chi connectivity index (χ0) is 21.2. The number of methoxy groups -OCH3 is 1. The van der Waals surface area contributed by atoms with Gasteiger partial charge in [-0.2, -0.15) is 0 Å². The van der Waals surface area contributed by atoms with Crippen molar-refractivity contribution in [1.82, 2.24) is 16.0 Å². The van der Waals surface area contributed by atoms with Crippen molar-refractivity contribution in [1.29, 1.82) is 0 Å². The molecule has 0 spiro atoms. The van der Waals surface area contributed by atoms with Gasteiger partial charge in [0, 0.05) is 32.2 Å². The van der Waals surface area contributed by atoms with Crippen LogP contribution in [-0.4, -0.2) is 45.7 Å². The topological polar surface area (TPSA) is 74.8 Å². The Bertz CT molecular complexity index is 874. The van der Waals surface area contributed by atoms with Gasteiger partial charge in [-0.05, 0) is 55.2 Å². The molecule has 0 aliphatic rings. The summed E-state index contributed by atoms with van der Waals surface area (Å²) in [5.74, 6) is 0.849. The predicted molar refractivity (Wildman–Crippen MR) is 130 cm³/mol. The molecule has 0 aliphatic carbocycles. The van der Waals surface area contributed by atoms with Crippen LogP contribution in [-0.2, 0) is 6.42 Å². The van der Waals surface area contributed by atoms with E-state index in [4.69, 9.17) is 4.74 Å². The lowest BCUT2D eigenvalue weighted by Crippen LogP contribution is -2.42.